The molecule has 3 nitrogen and oxygen atoms in total. The Morgan fingerprint density at radius 2 is 0.810 bits per heavy atom. The predicted octanol–water partition coefficient (Wildman–Crippen LogP) is 5.60. The van der Waals surface area contributed by atoms with Crippen molar-refractivity contribution >= 4 is 0 Å². The molecular weight excluding hydrogens is 425 g/mol. The van der Waals surface area contributed by atoms with Gasteiger partial charge in [-0.3, -0.25) is 0 Å². The Kier molecular flexibility index (Phi) is 51.2. The van der Waals surface area contributed by atoms with E-state index >= 15 is 0 Å². The zero-order chi connectivity index (χ0) is 15.9. The zero-order valence-corrected chi connectivity index (χ0v) is 18.6. The van der Waals surface area contributed by atoms with E-state index < -0.39 is 0 Å². The van der Waals surface area contributed by atoms with Crippen LogP contribution in [-0.4, -0.2) is 39.3 Å². The van der Waals surface area contributed by atoms with Gasteiger partial charge in [0.2, 0.25) is 0 Å². The van der Waals surface area contributed by atoms with Crippen molar-refractivity contribution in [3.63, 3.8) is 0 Å². The van der Waals surface area contributed by atoms with Crippen LogP contribution in [0.1, 0.15) is 41.5 Å². The molecule has 4 heteroatoms. The fraction of sp³-hybridized carbons (Fsp3) is 0.706. The van der Waals surface area contributed by atoms with Gasteiger partial charge in [0.15, 0.2) is 0 Å². The van der Waals surface area contributed by atoms with Gasteiger partial charge in [0.1, 0.15) is 0 Å². The Balaban J connectivity index is -0.0000000903. The predicted molar refractivity (Wildman–Crippen MR) is 95.4 cm³/mol. The third-order valence-electron chi connectivity index (χ3n) is 1.90. The second-order valence-electron chi connectivity index (χ2n) is 3.53. The molecule has 0 saturated carbocycles. The second kappa shape index (κ2) is 36.9. The Bertz CT molecular complexity index is 154. The van der Waals surface area contributed by atoms with Crippen LogP contribution < -0.4 is 0 Å². The second-order valence-corrected chi connectivity index (χ2v) is 3.53. The molecule has 0 amide bonds. The molecule has 0 spiro atoms. The summed E-state index contributed by atoms with van der Waals surface area (Å²) in [6, 6.07) is 10.0. The van der Waals surface area contributed by atoms with Crippen molar-refractivity contribution in [3.05, 3.63) is 46.3 Å². The zero-order valence-electron chi connectivity index (χ0n) is 15.0. The number of hydrogen-bond acceptors (Lipinski definition) is 0. The summed E-state index contributed by atoms with van der Waals surface area (Å²) in [7, 11) is 0. The van der Waals surface area contributed by atoms with Crippen molar-refractivity contribution in [2.75, 3.05) is 39.3 Å². The van der Waals surface area contributed by atoms with Crippen LogP contribution in [0.25, 0.3) is 16.0 Å². The molecule has 1 aromatic carbocycles. The first-order valence-corrected chi connectivity index (χ1v) is 7.81. The Labute approximate surface area is 152 Å². The van der Waals surface area contributed by atoms with Gasteiger partial charge in [0.05, 0.1) is 0 Å². The first-order chi connectivity index (χ1) is 9.74. The molecule has 0 heterocycles. The summed E-state index contributed by atoms with van der Waals surface area (Å²) in [5.41, 5.74) is 0. The van der Waals surface area contributed by atoms with Crippen molar-refractivity contribution < 1.29 is 25.8 Å². The molecule has 0 aliphatic rings. The molecule has 0 atom stereocenters. The standard InChI is InChI=1S/C5H5.3C4H10N.Hf/c1-2-4-5-3-1;3*1-3-5-4-2;/h1-5H;3*3-4H2,1-2H3;/q4*-1;+4. The van der Waals surface area contributed by atoms with Crippen molar-refractivity contribution in [1.29, 1.82) is 0 Å². The molecule has 0 radical (unpaired) electrons. The van der Waals surface area contributed by atoms with Crippen LogP contribution in [-0.2, 0) is 25.8 Å². The van der Waals surface area contributed by atoms with Crippen LogP contribution in [0.3, 0.4) is 0 Å². The van der Waals surface area contributed by atoms with Crippen molar-refractivity contribution in [2.24, 2.45) is 0 Å². The largest absolute Gasteiger partial charge is 4.00 e. The van der Waals surface area contributed by atoms with E-state index in [1.807, 2.05) is 71.9 Å². The Hall–Kier alpha value is 0.100. The molecule has 1 rings (SSSR count). The Morgan fingerprint density at radius 3 is 0.857 bits per heavy atom. The van der Waals surface area contributed by atoms with Gasteiger partial charge < -0.3 is 16.0 Å². The minimum absolute atomic E-state index is 0. The SMILES string of the molecule is CC[N-]CC.CC[N-]CC.CC[N-]CC.[Hf+4].c1cc[cH-]c1. The van der Waals surface area contributed by atoms with E-state index in [2.05, 4.69) is 16.0 Å². The Morgan fingerprint density at radius 1 is 0.571 bits per heavy atom. The molecule has 0 aromatic heterocycles. The van der Waals surface area contributed by atoms with Crippen LogP contribution in [0.15, 0.2) is 30.3 Å². The van der Waals surface area contributed by atoms with E-state index in [0.717, 1.165) is 39.3 Å². The van der Waals surface area contributed by atoms with Crippen LogP contribution in [0.2, 0.25) is 0 Å². The maximum absolute atomic E-state index is 3.97. The summed E-state index contributed by atoms with van der Waals surface area (Å²) in [5, 5.41) is 11.9. The summed E-state index contributed by atoms with van der Waals surface area (Å²) in [6.07, 6.45) is 0. The van der Waals surface area contributed by atoms with Crippen LogP contribution in [0.5, 0.6) is 0 Å². The van der Waals surface area contributed by atoms with Gasteiger partial charge in [0.25, 0.3) is 0 Å². The molecule has 122 valence electrons. The molecule has 0 fully saturated rings. The topological polar surface area (TPSA) is 42.3 Å². The smallest absolute Gasteiger partial charge is 0.663 e. The third kappa shape index (κ3) is 53.4. The van der Waals surface area contributed by atoms with Crippen LogP contribution in [0, 0.1) is 0 Å². The maximum Gasteiger partial charge on any atom is 4.00 e. The number of nitrogens with zero attached hydrogens (tertiary/aromatic N) is 3. The molecule has 0 unspecified atom stereocenters. The van der Waals surface area contributed by atoms with E-state index in [1.165, 1.54) is 0 Å². The molecule has 0 saturated heterocycles. The van der Waals surface area contributed by atoms with Gasteiger partial charge >= 0.3 is 25.8 Å². The average molecular weight is 460 g/mol. The molecular formula is C17H35HfN3. The van der Waals surface area contributed by atoms with Crippen molar-refractivity contribution in [1.82, 2.24) is 0 Å². The van der Waals surface area contributed by atoms with Crippen LogP contribution >= 0.6 is 0 Å². The summed E-state index contributed by atoms with van der Waals surface area (Å²) < 4.78 is 0. The molecule has 0 aliphatic carbocycles. The summed E-state index contributed by atoms with van der Waals surface area (Å²) in [5.74, 6) is 0. The molecule has 1 aromatic rings. The van der Waals surface area contributed by atoms with E-state index in [-0.39, 0.29) is 25.8 Å². The minimum Gasteiger partial charge on any atom is -0.663 e. The van der Waals surface area contributed by atoms with Gasteiger partial charge in [-0.2, -0.15) is 57.5 Å². The molecule has 0 N–H and O–H groups in total. The van der Waals surface area contributed by atoms with Crippen molar-refractivity contribution in [2.45, 2.75) is 41.5 Å². The first-order valence-electron chi connectivity index (χ1n) is 7.81. The quantitative estimate of drug-likeness (QED) is 0.392. The van der Waals surface area contributed by atoms with E-state index in [0.29, 0.717) is 0 Å². The molecule has 0 bridgehead atoms. The number of rotatable bonds is 6. The first kappa shape index (κ1) is 29.2. The van der Waals surface area contributed by atoms with Gasteiger partial charge in [-0.1, -0.05) is 41.5 Å². The van der Waals surface area contributed by atoms with Crippen LogP contribution in [0.4, 0.5) is 0 Å². The molecule has 0 aliphatic heterocycles. The average Bonchev–Trinajstić information content (AvgIpc) is 3.02. The number of hydrogen-bond donors (Lipinski definition) is 0. The monoisotopic (exact) mass is 461 g/mol. The van der Waals surface area contributed by atoms with E-state index in [9.17, 15) is 0 Å². The van der Waals surface area contributed by atoms with E-state index in [1.54, 1.807) is 0 Å². The van der Waals surface area contributed by atoms with Gasteiger partial charge in [-0.05, 0) is 0 Å². The maximum atomic E-state index is 3.97. The normalized spacial score (nSPS) is 7.90. The summed E-state index contributed by atoms with van der Waals surface area (Å²) in [6.45, 7) is 18.1. The van der Waals surface area contributed by atoms with Gasteiger partial charge in [-0.25, -0.2) is 12.1 Å². The fourth-order valence-corrected chi connectivity index (χ4v) is 0.992. The minimum atomic E-state index is 0. The molecule has 21 heavy (non-hydrogen) atoms. The fourth-order valence-electron chi connectivity index (χ4n) is 0.992. The van der Waals surface area contributed by atoms with E-state index in [4.69, 9.17) is 0 Å². The summed E-state index contributed by atoms with van der Waals surface area (Å²) >= 11 is 0. The third-order valence-corrected chi connectivity index (χ3v) is 1.90. The van der Waals surface area contributed by atoms with Crippen molar-refractivity contribution in [3.8, 4) is 0 Å². The summed E-state index contributed by atoms with van der Waals surface area (Å²) in [4.78, 5) is 0. The van der Waals surface area contributed by atoms with Gasteiger partial charge in [0, 0.05) is 0 Å². The van der Waals surface area contributed by atoms with Gasteiger partial charge in [-0.15, -0.1) is 0 Å².